The van der Waals surface area contributed by atoms with E-state index in [0.29, 0.717) is 6.04 Å². The molecule has 1 saturated heterocycles. The third kappa shape index (κ3) is 2.08. The van der Waals surface area contributed by atoms with Gasteiger partial charge in [0, 0.05) is 11.6 Å². The minimum absolute atomic E-state index is 0.227. The second-order valence-corrected chi connectivity index (χ2v) is 4.00. The van der Waals surface area contributed by atoms with E-state index >= 15 is 0 Å². The van der Waals surface area contributed by atoms with Gasteiger partial charge in [-0.3, -0.25) is 0 Å². The van der Waals surface area contributed by atoms with E-state index in [1.54, 1.807) is 0 Å². The molecule has 1 aliphatic rings. The highest BCUT2D eigenvalue weighted by Crippen LogP contribution is 2.22. The summed E-state index contributed by atoms with van der Waals surface area (Å²) in [7, 11) is 0. The quantitative estimate of drug-likeness (QED) is 0.770. The summed E-state index contributed by atoms with van der Waals surface area (Å²) in [6, 6.07) is 8.22. The van der Waals surface area contributed by atoms with Crippen molar-refractivity contribution in [2.24, 2.45) is 0 Å². The fraction of sp³-hybridized carbons (Fsp3) is 0.455. The van der Waals surface area contributed by atoms with Crippen molar-refractivity contribution in [3.05, 3.63) is 34.9 Å². The fourth-order valence-corrected chi connectivity index (χ4v) is 1.91. The van der Waals surface area contributed by atoms with Crippen molar-refractivity contribution < 1.29 is 4.74 Å². The van der Waals surface area contributed by atoms with E-state index in [9.17, 15) is 0 Å². The van der Waals surface area contributed by atoms with Gasteiger partial charge in [-0.2, -0.15) is 0 Å². The van der Waals surface area contributed by atoms with Gasteiger partial charge in [0.25, 0.3) is 0 Å². The van der Waals surface area contributed by atoms with Crippen molar-refractivity contribution in [1.29, 1.82) is 0 Å². The monoisotopic (exact) mass is 211 g/mol. The molecule has 2 atom stereocenters. The Bertz CT molecular complexity index is 299. The van der Waals surface area contributed by atoms with Gasteiger partial charge in [0.2, 0.25) is 0 Å². The van der Waals surface area contributed by atoms with E-state index in [4.69, 9.17) is 16.3 Å². The van der Waals surface area contributed by atoms with Crippen LogP contribution in [0.1, 0.15) is 18.5 Å². The largest absolute Gasteiger partial charge is 0.375 e. The molecule has 0 saturated carbocycles. The number of halogens is 1. The predicted molar refractivity (Wildman–Crippen MR) is 57.6 cm³/mol. The molecule has 2 rings (SSSR count). The Morgan fingerprint density at radius 2 is 2.07 bits per heavy atom. The third-order valence-corrected chi connectivity index (χ3v) is 2.80. The van der Waals surface area contributed by atoms with Gasteiger partial charge in [-0.15, -0.1) is 0 Å². The van der Waals surface area contributed by atoms with Gasteiger partial charge < -0.3 is 10.1 Å². The van der Waals surface area contributed by atoms with E-state index in [1.807, 2.05) is 24.3 Å². The van der Waals surface area contributed by atoms with Gasteiger partial charge in [0.05, 0.1) is 18.8 Å². The van der Waals surface area contributed by atoms with Gasteiger partial charge in [-0.05, 0) is 24.6 Å². The molecule has 1 heterocycles. The molecule has 1 aromatic rings. The molecule has 3 heteroatoms. The molecule has 1 aromatic carbocycles. The highest BCUT2D eigenvalue weighted by Gasteiger charge is 2.22. The summed E-state index contributed by atoms with van der Waals surface area (Å²) in [5, 5.41) is 4.21. The number of nitrogens with one attached hydrogen (secondary N) is 1. The smallest absolute Gasteiger partial charge is 0.0742 e. The van der Waals surface area contributed by atoms with Crippen LogP contribution in [0, 0.1) is 0 Å². The number of benzene rings is 1. The second kappa shape index (κ2) is 4.30. The third-order valence-electron chi connectivity index (χ3n) is 2.55. The Morgan fingerprint density at radius 3 is 2.71 bits per heavy atom. The Kier molecular flexibility index (Phi) is 3.06. The first-order valence-electron chi connectivity index (χ1n) is 4.88. The first-order valence-corrected chi connectivity index (χ1v) is 5.25. The van der Waals surface area contributed by atoms with E-state index < -0.39 is 0 Å². The molecular formula is C11H14ClNO. The zero-order valence-corrected chi connectivity index (χ0v) is 8.92. The summed E-state index contributed by atoms with van der Waals surface area (Å²) in [6.45, 7) is 3.80. The molecule has 76 valence electrons. The van der Waals surface area contributed by atoms with Gasteiger partial charge >= 0.3 is 0 Å². The van der Waals surface area contributed by atoms with Crippen LogP contribution in [0.5, 0.6) is 0 Å². The van der Waals surface area contributed by atoms with E-state index in [1.165, 1.54) is 5.56 Å². The Hall–Kier alpha value is -0.570. The lowest BCUT2D eigenvalue weighted by molar-refractivity contribution is 0.00756. The SMILES string of the molecule is CC1OCCNC1c1ccc(Cl)cc1. The molecule has 0 spiro atoms. The van der Waals surface area contributed by atoms with Crippen molar-refractivity contribution in [1.82, 2.24) is 5.32 Å². The van der Waals surface area contributed by atoms with Gasteiger partial charge in [0.15, 0.2) is 0 Å². The van der Waals surface area contributed by atoms with E-state index in [0.717, 1.165) is 18.2 Å². The van der Waals surface area contributed by atoms with Crippen LogP contribution in [0.3, 0.4) is 0 Å². The van der Waals surface area contributed by atoms with Crippen molar-refractivity contribution in [2.45, 2.75) is 19.1 Å². The molecule has 1 N–H and O–H groups in total. The molecule has 0 bridgehead atoms. The summed E-state index contributed by atoms with van der Waals surface area (Å²) in [6.07, 6.45) is 0.227. The van der Waals surface area contributed by atoms with Crippen LogP contribution in [-0.2, 0) is 4.74 Å². The Labute approximate surface area is 89.2 Å². The van der Waals surface area contributed by atoms with Gasteiger partial charge in [0.1, 0.15) is 0 Å². The molecule has 0 aromatic heterocycles. The van der Waals surface area contributed by atoms with Crippen LogP contribution in [0.4, 0.5) is 0 Å². The van der Waals surface area contributed by atoms with Crippen molar-refractivity contribution >= 4 is 11.6 Å². The lowest BCUT2D eigenvalue weighted by Crippen LogP contribution is -2.40. The molecule has 14 heavy (non-hydrogen) atoms. The average molecular weight is 212 g/mol. The van der Waals surface area contributed by atoms with Gasteiger partial charge in [-0.1, -0.05) is 23.7 Å². The van der Waals surface area contributed by atoms with Gasteiger partial charge in [-0.25, -0.2) is 0 Å². The topological polar surface area (TPSA) is 21.3 Å². The lowest BCUT2D eigenvalue weighted by atomic mass is 10.0. The van der Waals surface area contributed by atoms with Crippen molar-refractivity contribution in [3.63, 3.8) is 0 Å². The highest BCUT2D eigenvalue weighted by molar-refractivity contribution is 6.30. The Morgan fingerprint density at radius 1 is 1.36 bits per heavy atom. The van der Waals surface area contributed by atoms with Crippen LogP contribution in [0.2, 0.25) is 5.02 Å². The summed E-state index contributed by atoms with van der Waals surface area (Å²) < 4.78 is 5.58. The van der Waals surface area contributed by atoms with E-state index in [-0.39, 0.29) is 6.10 Å². The predicted octanol–water partition coefficient (Wildman–Crippen LogP) is 2.39. The second-order valence-electron chi connectivity index (χ2n) is 3.56. The Balaban J connectivity index is 2.16. The first kappa shape index (κ1) is 9.97. The number of ether oxygens (including phenoxy) is 1. The van der Waals surface area contributed by atoms with Crippen LogP contribution in [-0.4, -0.2) is 19.3 Å². The number of morpholine rings is 1. The zero-order valence-electron chi connectivity index (χ0n) is 8.16. The summed E-state index contributed by atoms with van der Waals surface area (Å²) >= 11 is 5.84. The fourth-order valence-electron chi connectivity index (χ4n) is 1.78. The minimum atomic E-state index is 0.227. The number of hydrogen-bond acceptors (Lipinski definition) is 2. The molecule has 0 radical (unpaired) electrons. The standard InChI is InChI=1S/C11H14ClNO/c1-8-11(13-6-7-14-8)9-2-4-10(12)5-3-9/h2-5,8,11,13H,6-7H2,1H3. The van der Waals surface area contributed by atoms with Crippen LogP contribution in [0.15, 0.2) is 24.3 Å². The molecule has 2 nitrogen and oxygen atoms in total. The van der Waals surface area contributed by atoms with Crippen LogP contribution in [0.25, 0.3) is 0 Å². The van der Waals surface area contributed by atoms with E-state index in [2.05, 4.69) is 12.2 Å². The summed E-state index contributed by atoms with van der Waals surface area (Å²) in [5.41, 5.74) is 1.24. The maximum Gasteiger partial charge on any atom is 0.0742 e. The summed E-state index contributed by atoms with van der Waals surface area (Å²) in [5.74, 6) is 0. The zero-order chi connectivity index (χ0) is 9.97. The van der Waals surface area contributed by atoms with Crippen LogP contribution >= 0.6 is 11.6 Å². The van der Waals surface area contributed by atoms with Crippen molar-refractivity contribution in [3.8, 4) is 0 Å². The van der Waals surface area contributed by atoms with Crippen LogP contribution < -0.4 is 5.32 Å². The molecular weight excluding hydrogens is 198 g/mol. The minimum Gasteiger partial charge on any atom is -0.375 e. The maximum absolute atomic E-state index is 5.84. The molecule has 1 fully saturated rings. The van der Waals surface area contributed by atoms with Crippen molar-refractivity contribution in [2.75, 3.05) is 13.2 Å². The molecule has 1 aliphatic heterocycles. The maximum atomic E-state index is 5.84. The first-order chi connectivity index (χ1) is 6.77. The lowest BCUT2D eigenvalue weighted by Gasteiger charge is -2.30. The highest BCUT2D eigenvalue weighted by atomic mass is 35.5. The average Bonchev–Trinajstić information content (AvgIpc) is 2.20. The summed E-state index contributed by atoms with van der Waals surface area (Å²) in [4.78, 5) is 0. The molecule has 0 aliphatic carbocycles. The molecule has 2 unspecified atom stereocenters. The molecule has 0 amide bonds. The normalized spacial score (nSPS) is 27.6. The number of rotatable bonds is 1. The number of hydrogen-bond donors (Lipinski definition) is 1.